The normalized spacial score (nSPS) is 20.1. The summed E-state index contributed by atoms with van der Waals surface area (Å²) in [5, 5.41) is 0. The standard InChI is InChI=1S/C13H18N2OS/c1-13(2,3)17(16)15-12-6-4-5-10-7-8-14-9-11(10)12/h7-9H,4-6H2,1-3H3. The molecule has 4 heteroatoms. The minimum absolute atomic E-state index is 0.299. The van der Waals surface area contributed by atoms with Crippen molar-refractivity contribution in [3.8, 4) is 0 Å². The molecule has 1 heterocycles. The molecule has 92 valence electrons. The van der Waals surface area contributed by atoms with Crippen molar-refractivity contribution in [2.75, 3.05) is 0 Å². The summed E-state index contributed by atoms with van der Waals surface area (Å²) >= 11 is -1.18. The topological polar surface area (TPSA) is 48.3 Å². The summed E-state index contributed by atoms with van der Waals surface area (Å²) in [6, 6.07) is 2.03. The minimum Gasteiger partial charge on any atom is -0.591 e. The van der Waals surface area contributed by atoms with E-state index in [0.29, 0.717) is 0 Å². The summed E-state index contributed by atoms with van der Waals surface area (Å²) in [5.74, 6) is 0. The molecule has 1 aromatic rings. The van der Waals surface area contributed by atoms with Crippen LogP contribution in [0.3, 0.4) is 0 Å². The Balaban J connectivity index is 2.33. The highest BCUT2D eigenvalue weighted by molar-refractivity contribution is 7.91. The second kappa shape index (κ2) is 4.78. The van der Waals surface area contributed by atoms with Crippen molar-refractivity contribution < 1.29 is 4.55 Å². The van der Waals surface area contributed by atoms with Crippen LogP contribution in [0, 0.1) is 0 Å². The third-order valence-corrected chi connectivity index (χ3v) is 4.23. The first-order chi connectivity index (χ1) is 7.98. The number of aromatic nitrogens is 1. The number of hydrogen-bond acceptors (Lipinski definition) is 3. The predicted molar refractivity (Wildman–Crippen MR) is 71.6 cm³/mol. The number of fused-ring (bicyclic) bond motifs is 1. The molecule has 0 saturated carbocycles. The summed E-state index contributed by atoms with van der Waals surface area (Å²) in [6.45, 7) is 5.83. The molecule has 0 saturated heterocycles. The van der Waals surface area contributed by atoms with E-state index in [1.165, 1.54) is 5.56 Å². The first kappa shape index (κ1) is 12.6. The molecule has 0 fully saturated rings. The zero-order chi connectivity index (χ0) is 12.5. The van der Waals surface area contributed by atoms with Gasteiger partial charge >= 0.3 is 0 Å². The maximum atomic E-state index is 12.0. The molecule has 0 bridgehead atoms. The van der Waals surface area contributed by atoms with E-state index in [2.05, 4.69) is 9.38 Å². The summed E-state index contributed by atoms with van der Waals surface area (Å²) in [4.78, 5) is 4.14. The van der Waals surface area contributed by atoms with Gasteiger partial charge in [0, 0.05) is 18.0 Å². The molecule has 1 aliphatic carbocycles. The third-order valence-electron chi connectivity index (χ3n) is 2.80. The van der Waals surface area contributed by atoms with Crippen LogP contribution in [0.15, 0.2) is 22.9 Å². The molecule has 17 heavy (non-hydrogen) atoms. The van der Waals surface area contributed by atoms with E-state index in [-0.39, 0.29) is 4.75 Å². The monoisotopic (exact) mass is 250 g/mol. The lowest BCUT2D eigenvalue weighted by atomic mass is 9.92. The molecule has 0 amide bonds. The molecule has 1 atom stereocenters. The average Bonchev–Trinajstić information content (AvgIpc) is 2.28. The van der Waals surface area contributed by atoms with Gasteiger partial charge in [0.05, 0.1) is 0 Å². The number of rotatable bonds is 1. The maximum Gasteiger partial charge on any atom is 0.144 e. The van der Waals surface area contributed by atoms with Crippen molar-refractivity contribution in [1.29, 1.82) is 0 Å². The van der Waals surface area contributed by atoms with Gasteiger partial charge in [0.1, 0.15) is 21.8 Å². The van der Waals surface area contributed by atoms with Crippen LogP contribution in [0.4, 0.5) is 0 Å². The van der Waals surface area contributed by atoms with Gasteiger partial charge < -0.3 is 4.55 Å². The Morgan fingerprint density at radius 2 is 2.12 bits per heavy atom. The molecule has 1 aromatic heterocycles. The smallest absolute Gasteiger partial charge is 0.144 e. The number of hydrogen-bond donors (Lipinski definition) is 0. The fourth-order valence-corrected chi connectivity index (χ4v) is 2.48. The predicted octanol–water partition coefficient (Wildman–Crippen LogP) is 2.67. The Kier molecular flexibility index (Phi) is 3.54. The quantitative estimate of drug-likeness (QED) is 0.719. The van der Waals surface area contributed by atoms with E-state index in [1.807, 2.05) is 39.2 Å². The summed E-state index contributed by atoms with van der Waals surface area (Å²) < 4.78 is 16.1. The molecule has 1 unspecified atom stereocenters. The van der Waals surface area contributed by atoms with E-state index in [9.17, 15) is 4.55 Å². The van der Waals surface area contributed by atoms with Crippen LogP contribution in [0.1, 0.15) is 44.7 Å². The molecular formula is C13H18N2OS. The first-order valence-electron chi connectivity index (χ1n) is 5.91. The largest absolute Gasteiger partial charge is 0.591 e. The van der Waals surface area contributed by atoms with Gasteiger partial charge in [-0.2, -0.15) is 0 Å². The molecule has 2 rings (SSSR count). The first-order valence-corrected chi connectivity index (χ1v) is 7.02. The van der Waals surface area contributed by atoms with Crippen molar-refractivity contribution >= 4 is 17.1 Å². The lowest BCUT2D eigenvalue weighted by Gasteiger charge is -2.21. The van der Waals surface area contributed by atoms with Gasteiger partial charge in [-0.05, 0) is 51.7 Å². The fraction of sp³-hybridized carbons (Fsp3) is 0.538. The Morgan fingerprint density at radius 3 is 2.82 bits per heavy atom. The van der Waals surface area contributed by atoms with Crippen LogP contribution >= 0.6 is 0 Å². The SMILES string of the molecule is CC(C)(C)[S+]([O-])N=C1CCCc2ccncc21. The summed E-state index contributed by atoms with van der Waals surface area (Å²) in [5.41, 5.74) is 3.31. The summed E-state index contributed by atoms with van der Waals surface area (Å²) in [6.07, 6.45) is 6.70. The Labute approximate surface area is 106 Å². The van der Waals surface area contributed by atoms with Gasteiger partial charge in [-0.25, -0.2) is 0 Å². The third kappa shape index (κ3) is 2.87. The minimum atomic E-state index is -1.18. The zero-order valence-electron chi connectivity index (χ0n) is 10.6. The summed E-state index contributed by atoms with van der Waals surface area (Å²) in [7, 11) is 0. The average molecular weight is 250 g/mol. The van der Waals surface area contributed by atoms with Crippen LogP contribution in [0.25, 0.3) is 0 Å². The van der Waals surface area contributed by atoms with Gasteiger partial charge in [0.15, 0.2) is 0 Å². The fourth-order valence-electron chi connectivity index (χ4n) is 1.81. The lowest BCUT2D eigenvalue weighted by Crippen LogP contribution is -2.27. The molecule has 0 aliphatic heterocycles. The Bertz CT molecular complexity index is 437. The Morgan fingerprint density at radius 1 is 1.35 bits per heavy atom. The molecule has 0 N–H and O–H groups in total. The zero-order valence-corrected chi connectivity index (χ0v) is 11.4. The van der Waals surface area contributed by atoms with Gasteiger partial charge in [-0.15, -0.1) is 0 Å². The van der Waals surface area contributed by atoms with Crippen molar-refractivity contribution in [2.24, 2.45) is 4.40 Å². The highest BCUT2D eigenvalue weighted by Crippen LogP contribution is 2.24. The molecule has 0 aromatic carbocycles. The highest BCUT2D eigenvalue weighted by Gasteiger charge is 2.28. The van der Waals surface area contributed by atoms with Gasteiger partial charge in [0.2, 0.25) is 0 Å². The maximum absolute atomic E-state index is 12.0. The second-order valence-corrected chi connectivity index (χ2v) is 7.19. The van der Waals surface area contributed by atoms with Crippen LogP contribution in [-0.4, -0.2) is 20.0 Å². The van der Waals surface area contributed by atoms with Crippen molar-refractivity contribution in [3.05, 3.63) is 29.6 Å². The van der Waals surface area contributed by atoms with Crippen LogP contribution in [-0.2, 0) is 17.8 Å². The van der Waals surface area contributed by atoms with Crippen molar-refractivity contribution in [1.82, 2.24) is 4.98 Å². The molecule has 1 aliphatic rings. The van der Waals surface area contributed by atoms with E-state index >= 15 is 0 Å². The van der Waals surface area contributed by atoms with E-state index in [1.54, 1.807) is 0 Å². The van der Waals surface area contributed by atoms with Crippen molar-refractivity contribution in [3.63, 3.8) is 0 Å². The Hall–Kier alpha value is -0.870. The molecule has 3 nitrogen and oxygen atoms in total. The second-order valence-electron chi connectivity index (χ2n) is 5.29. The van der Waals surface area contributed by atoms with Gasteiger partial charge in [-0.3, -0.25) is 4.98 Å². The van der Waals surface area contributed by atoms with Gasteiger partial charge in [-0.1, -0.05) is 4.40 Å². The number of aryl methyl sites for hydroxylation is 1. The highest BCUT2D eigenvalue weighted by atomic mass is 32.2. The van der Waals surface area contributed by atoms with Gasteiger partial charge in [0.25, 0.3) is 0 Å². The lowest BCUT2D eigenvalue weighted by molar-refractivity contribution is 0.561. The number of nitrogens with zero attached hydrogens (tertiary/aromatic N) is 2. The number of pyridine rings is 1. The van der Waals surface area contributed by atoms with Crippen LogP contribution in [0.5, 0.6) is 0 Å². The van der Waals surface area contributed by atoms with E-state index in [0.717, 1.165) is 30.5 Å². The molecule has 0 spiro atoms. The van der Waals surface area contributed by atoms with E-state index in [4.69, 9.17) is 0 Å². The molecule has 0 radical (unpaired) electrons. The van der Waals surface area contributed by atoms with Crippen LogP contribution < -0.4 is 0 Å². The van der Waals surface area contributed by atoms with E-state index < -0.39 is 11.4 Å². The van der Waals surface area contributed by atoms with Crippen LogP contribution in [0.2, 0.25) is 0 Å². The molecular weight excluding hydrogens is 232 g/mol. The van der Waals surface area contributed by atoms with Crippen molar-refractivity contribution in [2.45, 2.75) is 44.8 Å².